The van der Waals surface area contributed by atoms with E-state index in [2.05, 4.69) is 5.10 Å². The zero-order valence-corrected chi connectivity index (χ0v) is 8.62. The van der Waals surface area contributed by atoms with E-state index in [1.165, 1.54) is 10.9 Å². The van der Waals surface area contributed by atoms with Crippen LogP contribution in [-0.4, -0.2) is 9.78 Å². The van der Waals surface area contributed by atoms with E-state index in [9.17, 15) is 4.79 Å². The number of rotatable bonds is 1. The monoisotopic (exact) mass is 219 g/mol. The molecule has 1 heterocycles. The number of nitrogen functional groups attached to an aromatic ring is 1. The molecule has 5 heteroatoms. The van der Waals surface area contributed by atoms with Crippen molar-refractivity contribution in [3.63, 3.8) is 0 Å². The first-order chi connectivity index (χ1) is 7.20. The van der Waals surface area contributed by atoms with Gasteiger partial charge in [0.1, 0.15) is 4.51 Å². The van der Waals surface area contributed by atoms with Crippen LogP contribution in [0.1, 0.15) is 0 Å². The summed E-state index contributed by atoms with van der Waals surface area (Å²) in [4.78, 5) is 11.7. The summed E-state index contributed by atoms with van der Waals surface area (Å²) in [6, 6.07) is 9.18. The SMILES string of the molecule is Nc1c[nH]n(-c2ccccc2)c(=O)c1=S. The molecule has 0 bridgehead atoms. The van der Waals surface area contributed by atoms with Crippen LogP contribution in [0.25, 0.3) is 5.69 Å². The lowest BCUT2D eigenvalue weighted by atomic mass is 10.3. The lowest BCUT2D eigenvalue weighted by Gasteiger charge is -2.05. The van der Waals surface area contributed by atoms with Crippen molar-refractivity contribution in [1.82, 2.24) is 9.78 Å². The number of H-pyrrole nitrogens is 1. The zero-order valence-electron chi connectivity index (χ0n) is 7.81. The van der Waals surface area contributed by atoms with Gasteiger partial charge < -0.3 is 5.73 Å². The molecule has 76 valence electrons. The molecule has 0 saturated carbocycles. The maximum Gasteiger partial charge on any atom is 0.290 e. The van der Waals surface area contributed by atoms with Crippen molar-refractivity contribution in [2.75, 3.05) is 5.73 Å². The maximum atomic E-state index is 11.7. The second-order valence-electron chi connectivity index (χ2n) is 3.03. The standard InChI is InChI=1S/C10H9N3OS/c11-8-6-12-13(10(14)9(8)15)7-4-2-1-3-5-7/h1-6,12H,11H2. The molecule has 1 aromatic carbocycles. The van der Waals surface area contributed by atoms with Crippen molar-refractivity contribution < 1.29 is 0 Å². The highest BCUT2D eigenvalue weighted by molar-refractivity contribution is 7.71. The molecule has 0 atom stereocenters. The third-order valence-corrected chi connectivity index (χ3v) is 2.43. The average molecular weight is 219 g/mol. The molecule has 3 N–H and O–H groups in total. The molecule has 0 radical (unpaired) electrons. The van der Waals surface area contributed by atoms with E-state index < -0.39 is 0 Å². The second kappa shape index (κ2) is 3.70. The van der Waals surface area contributed by atoms with Crippen LogP contribution < -0.4 is 11.3 Å². The number of aromatic amines is 1. The summed E-state index contributed by atoms with van der Waals surface area (Å²) in [5, 5.41) is 2.77. The lowest BCUT2D eigenvalue weighted by Crippen LogP contribution is -2.22. The van der Waals surface area contributed by atoms with Gasteiger partial charge in [-0.2, -0.15) is 0 Å². The molecule has 0 saturated heterocycles. The van der Waals surface area contributed by atoms with Gasteiger partial charge in [-0.3, -0.25) is 9.89 Å². The molecule has 2 aromatic rings. The van der Waals surface area contributed by atoms with Crippen LogP contribution in [0.3, 0.4) is 0 Å². The van der Waals surface area contributed by atoms with Crippen LogP contribution in [0.2, 0.25) is 0 Å². The van der Waals surface area contributed by atoms with Gasteiger partial charge in [0.25, 0.3) is 5.56 Å². The Morgan fingerprint density at radius 3 is 2.60 bits per heavy atom. The molecule has 2 rings (SSSR count). The van der Waals surface area contributed by atoms with Crippen molar-refractivity contribution >= 4 is 17.9 Å². The van der Waals surface area contributed by atoms with Crippen molar-refractivity contribution in [2.24, 2.45) is 0 Å². The van der Waals surface area contributed by atoms with E-state index in [1.807, 2.05) is 30.3 Å². The Balaban J connectivity index is 2.72. The Hall–Kier alpha value is -1.88. The van der Waals surface area contributed by atoms with Gasteiger partial charge in [-0.1, -0.05) is 30.4 Å². The van der Waals surface area contributed by atoms with Crippen molar-refractivity contribution in [1.29, 1.82) is 0 Å². The normalized spacial score (nSPS) is 10.1. The minimum Gasteiger partial charge on any atom is -0.396 e. The van der Waals surface area contributed by atoms with Gasteiger partial charge in [0.05, 0.1) is 11.4 Å². The number of hydrogen-bond acceptors (Lipinski definition) is 3. The summed E-state index contributed by atoms with van der Waals surface area (Å²) in [6.45, 7) is 0. The second-order valence-corrected chi connectivity index (χ2v) is 3.44. The third-order valence-electron chi connectivity index (χ3n) is 2.02. The molecule has 1 aromatic heterocycles. The molecule has 0 spiro atoms. The summed E-state index contributed by atoms with van der Waals surface area (Å²) in [5.41, 5.74) is 6.23. The fourth-order valence-corrected chi connectivity index (χ4v) is 1.40. The quantitative estimate of drug-likeness (QED) is 0.714. The van der Waals surface area contributed by atoms with Crippen LogP contribution in [0.15, 0.2) is 41.3 Å². The summed E-state index contributed by atoms with van der Waals surface area (Å²) in [5.74, 6) is 0. The van der Waals surface area contributed by atoms with Crippen molar-refractivity contribution in [3.8, 4) is 5.69 Å². The Kier molecular flexibility index (Phi) is 2.39. The van der Waals surface area contributed by atoms with E-state index >= 15 is 0 Å². The minimum absolute atomic E-state index is 0.137. The van der Waals surface area contributed by atoms with Gasteiger partial charge in [-0.05, 0) is 12.1 Å². The van der Waals surface area contributed by atoms with Crippen molar-refractivity contribution in [3.05, 3.63) is 51.4 Å². The van der Waals surface area contributed by atoms with E-state index in [-0.39, 0.29) is 10.1 Å². The smallest absolute Gasteiger partial charge is 0.290 e. The summed E-state index contributed by atoms with van der Waals surface area (Å²) >= 11 is 4.90. The Morgan fingerprint density at radius 2 is 1.93 bits per heavy atom. The van der Waals surface area contributed by atoms with Gasteiger partial charge in [0, 0.05) is 6.20 Å². The summed E-state index contributed by atoms with van der Waals surface area (Å²) < 4.78 is 1.50. The first kappa shape index (κ1) is 9.67. The number of nitrogens with zero attached hydrogens (tertiary/aromatic N) is 1. The first-order valence-corrected chi connectivity index (χ1v) is 4.76. The Morgan fingerprint density at radius 1 is 1.27 bits per heavy atom. The molecule has 0 unspecified atom stereocenters. The zero-order chi connectivity index (χ0) is 10.8. The molecule has 4 nitrogen and oxygen atoms in total. The number of nitrogens with one attached hydrogen (secondary N) is 1. The minimum atomic E-state index is -0.309. The summed E-state index contributed by atoms with van der Waals surface area (Å²) in [6.07, 6.45) is 1.51. The van der Waals surface area contributed by atoms with E-state index in [0.29, 0.717) is 5.69 Å². The predicted octanol–water partition coefficient (Wildman–Crippen LogP) is 1.48. The highest BCUT2D eigenvalue weighted by atomic mass is 32.1. The van der Waals surface area contributed by atoms with E-state index in [4.69, 9.17) is 18.0 Å². The highest BCUT2D eigenvalue weighted by Crippen LogP contribution is 2.03. The molecular formula is C10H9N3OS. The van der Waals surface area contributed by atoms with E-state index in [1.54, 1.807) is 0 Å². The largest absolute Gasteiger partial charge is 0.396 e. The number of benzene rings is 1. The first-order valence-electron chi connectivity index (χ1n) is 4.36. The van der Waals surface area contributed by atoms with Crippen LogP contribution in [-0.2, 0) is 0 Å². The number of aromatic nitrogens is 2. The lowest BCUT2D eigenvalue weighted by molar-refractivity contribution is 0.806. The fourth-order valence-electron chi connectivity index (χ4n) is 1.25. The molecule has 0 aliphatic rings. The van der Waals surface area contributed by atoms with Gasteiger partial charge in [-0.25, -0.2) is 4.68 Å². The highest BCUT2D eigenvalue weighted by Gasteiger charge is 2.01. The average Bonchev–Trinajstić information content (AvgIpc) is 2.27. The van der Waals surface area contributed by atoms with Gasteiger partial charge in [0.2, 0.25) is 0 Å². The van der Waals surface area contributed by atoms with Crippen LogP contribution >= 0.6 is 12.2 Å². The topological polar surface area (TPSA) is 63.8 Å². The van der Waals surface area contributed by atoms with Crippen LogP contribution in [0.5, 0.6) is 0 Å². The third kappa shape index (κ3) is 1.69. The van der Waals surface area contributed by atoms with E-state index in [0.717, 1.165) is 5.69 Å². The van der Waals surface area contributed by atoms with Crippen LogP contribution in [0.4, 0.5) is 5.69 Å². The Labute approximate surface area is 91.0 Å². The number of anilines is 1. The number of nitrogens with two attached hydrogens (primary N) is 1. The number of hydrogen-bond donors (Lipinski definition) is 2. The fraction of sp³-hybridized carbons (Fsp3) is 0. The maximum absolute atomic E-state index is 11.7. The van der Waals surface area contributed by atoms with Crippen LogP contribution in [0, 0.1) is 4.51 Å². The molecule has 0 amide bonds. The summed E-state index contributed by atoms with van der Waals surface area (Å²) in [7, 11) is 0. The molecule has 0 aliphatic heterocycles. The number of para-hydroxylation sites is 1. The van der Waals surface area contributed by atoms with Gasteiger partial charge in [0.15, 0.2) is 0 Å². The predicted molar refractivity (Wildman–Crippen MR) is 61.6 cm³/mol. The Bertz CT molecular complexity index is 586. The van der Waals surface area contributed by atoms with Gasteiger partial charge in [-0.15, -0.1) is 0 Å². The molecule has 0 fully saturated rings. The molecule has 0 aliphatic carbocycles. The van der Waals surface area contributed by atoms with Gasteiger partial charge >= 0.3 is 0 Å². The molecule has 15 heavy (non-hydrogen) atoms. The molecular weight excluding hydrogens is 210 g/mol. The van der Waals surface area contributed by atoms with Crippen molar-refractivity contribution in [2.45, 2.75) is 0 Å².